The third-order valence-corrected chi connectivity index (χ3v) is 2.10. The first-order valence-corrected chi connectivity index (χ1v) is 3.66. The van der Waals surface area contributed by atoms with Gasteiger partial charge in [0.15, 0.2) is 0 Å². The van der Waals surface area contributed by atoms with E-state index in [2.05, 4.69) is 0 Å². The molecule has 0 atom stereocenters. The van der Waals surface area contributed by atoms with E-state index in [0.29, 0.717) is 0 Å². The lowest BCUT2D eigenvalue weighted by Gasteiger charge is -1.96. The molecule has 1 rings (SSSR count). The SMILES string of the molecule is NC(=O)c1sccc1C(F)F. The van der Waals surface area contributed by atoms with Gasteiger partial charge in [0.1, 0.15) is 4.88 Å². The van der Waals surface area contributed by atoms with E-state index in [1.165, 1.54) is 11.4 Å². The number of halogens is 2. The van der Waals surface area contributed by atoms with Gasteiger partial charge in [0, 0.05) is 5.56 Å². The van der Waals surface area contributed by atoms with E-state index in [-0.39, 0.29) is 10.4 Å². The van der Waals surface area contributed by atoms with Crippen LogP contribution in [0.15, 0.2) is 11.4 Å². The summed E-state index contributed by atoms with van der Waals surface area (Å²) in [4.78, 5) is 10.4. The Kier molecular flexibility index (Phi) is 2.19. The van der Waals surface area contributed by atoms with Gasteiger partial charge in [0.2, 0.25) is 0 Å². The van der Waals surface area contributed by atoms with Crippen LogP contribution in [0.2, 0.25) is 0 Å². The molecule has 0 bridgehead atoms. The maximum absolute atomic E-state index is 12.0. The molecule has 0 aliphatic rings. The van der Waals surface area contributed by atoms with Crippen molar-refractivity contribution in [1.29, 1.82) is 0 Å². The van der Waals surface area contributed by atoms with E-state index < -0.39 is 12.3 Å². The molecule has 0 unspecified atom stereocenters. The summed E-state index contributed by atoms with van der Waals surface area (Å²) in [6.07, 6.45) is -2.62. The zero-order chi connectivity index (χ0) is 8.43. The molecule has 1 aromatic rings. The number of primary amides is 1. The zero-order valence-electron chi connectivity index (χ0n) is 5.38. The highest BCUT2D eigenvalue weighted by Crippen LogP contribution is 2.26. The average Bonchev–Trinajstić information content (AvgIpc) is 2.32. The first-order chi connectivity index (χ1) is 5.13. The molecule has 1 amide bonds. The van der Waals surface area contributed by atoms with Gasteiger partial charge in [-0.1, -0.05) is 0 Å². The summed E-state index contributed by atoms with van der Waals surface area (Å²) in [5, 5.41) is 1.42. The summed E-state index contributed by atoms with van der Waals surface area (Å²) < 4.78 is 24.0. The molecular formula is C6H5F2NOS. The van der Waals surface area contributed by atoms with E-state index in [0.717, 1.165) is 11.3 Å². The Morgan fingerprint density at radius 1 is 1.64 bits per heavy atom. The van der Waals surface area contributed by atoms with Gasteiger partial charge < -0.3 is 5.73 Å². The Balaban J connectivity index is 3.06. The second-order valence-corrected chi connectivity index (χ2v) is 2.79. The van der Waals surface area contributed by atoms with Crippen LogP contribution in [-0.2, 0) is 0 Å². The summed E-state index contributed by atoms with van der Waals surface area (Å²) in [5.74, 6) is -0.796. The molecule has 0 saturated carbocycles. The lowest BCUT2D eigenvalue weighted by atomic mass is 10.2. The van der Waals surface area contributed by atoms with Gasteiger partial charge in [-0.15, -0.1) is 11.3 Å². The smallest absolute Gasteiger partial charge is 0.265 e. The van der Waals surface area contributed by atoms with Gasteiger partial charge >= 0.3 is 0 Å². The molecule has 5 heteroatoms. The monoisotopic (exact) mass is 177 g/mol. The standard InChI is InChI=1S/C6H5F2NOS/c7-5(8)3-1-2-11-4(3)6(9)10/h1-2,5H,(H2,9,10). The summed E-state index contributed by atoms with van der Waals surface area (Å²) in [5.41, 5.74) is 4.56. The van der Waals surface area contributed by atoms with Crippen molar-refractivity contribution in [2.75, 3.05) is 0 Å². The normalized spacial score (nSPS) is 10.5. The maximum atomic E-state index is 12.0. The van der Waals surface area contributed by atoms with Crippen molar-refractivity contribution >= 4 is 17.2 Å². The number of carbonyl (C=O) groups excluding carboxylic acids is 1. The Morgan fingerprint density at radius 2 is 2.27 bits per heavy atom. The van der Waals surface area contributed by atoms with Crippen LogP contribution in [0.4, 0.5) is 8.78 Å². The van der Waals surface area contributed by atoms with Crippen LogP contribution in [0.3, 0.4) is 0 Å². The Hall–Kier alpha value is -0.970. The Morgan fingerprint density at radius 3 is 2.64 bits per heavy atom. The summed E-state index contributed by atoms with van der Waals surface area (Å²) in [6, 6.07) is 1.20. The van der Waals surface area contributed by atoms with Crippen LogP contribution < -0.4 is 5.73 Å². The van der Waals surface area contributed by atoms with Gasteiger partial charge in [-0.2, -0.15) is 0 Å². The molecule has 0 saturated heterocycles. The largest absolute Gasteiger partial charge is 0.365 e. The summed E-state index contributed by atoms with van der Waals surface area (Å²) in [7, 11) is 0. The van der Waals surface area contributed by atoms with Crippen LogP contribution >= 0.6 is 11.3 Å². The summed E-state index contributed by atoms with van der Waals surface area (Å²) >= 11 is 0.931. The number of thiophene rings is 1. The molecule has 0 radical (unpaired) electrons. The predicted octanol–water partition coefficient (Wildman–Crippen LogP) is 1.78. The van der Waals surface area contributed by atoms with Crippen LogP contribution in [0, 0.1) is 0 Å². The van der Waals surface area contributed by atoms with E-state index in [1.807, 2.05) is 0 Å². The highest BCUT2D eigenvalue weighted by Gasteiger charge is 2.17. The molecule has 11 heavy (non-hydrogen) atoms. The van der Waals surface area contributed by atoms with Crippen molar-refractivity contribution in [3.05, 3.63) is 21.9 Å². The van der Waals surface area contributed by atoms with Gasteiger partial charge in [0.25, 0.3) is 12.3 Å². The first-order valence-electron chi connectivity index (χ1n) is 2.78. The number of alkyl halides is 2. The molecule has 0 aromatic carbocycles. The second kappa shape index (κ2) is 2.96. The third kappa shape index (κ3) is 1.54. The number of amides is 1. The first kappa shape index (κ1) is 8.13. The fraction of sp³-hybridized carbons (Fsp3) is 0.167. The summed E-state index contributed by atoms with van der Waals surface area (Å²) in [6.45, 7) is 0. The van der Waals surface area contributed by atoms with Crippen molar-refractivity contribution < 1.29 is 13.6 Å². The lowest BCUT2D eigenvalue weighted by molar-refractivity contribution is 0.0991. The van der Waals surface area contributed by atoms with E-state index in [4.69, 9.17) is 5.73 Å². The third-order valence-electron chi connectivity index (χ3n) is 1.15. The quantitative estimate of drug-likeness (QED) is 0.735. The van der Waals surface area contributed by atoms with Crippen LogP contribution in [0.5, 0.6) is 0 Å². The van der Waals surface area contributed by atoms with E-state index in [1.54, 1.807) is 0 Å². The molecule has 0 aliphatic heterocycles. The predicted molar refractivity (Wildman–Crippen MR) is 37.8 cm³/mol. The number of hydrogen-bond donors (Lipinski definition) is 1. The van der Waals surface area contributed by atoms with Crippen molar-refractivity contribution in [2.45, 2.75) is 6.43 Å². The van der Waals surface area contributed by atoms with Crippen molar-refractivity contribution in [1.82, 2.24) is 0 Å². The molecule has 2 nitrogen and oxygen atoms in total. The molecule has 60 valence electrons. The minimum atomic E-state index is -2.62. The van der Waals surface area contributed by atoms with E-state index >= 15 is 0 Å². The average molecular weight is 177 g/mol. The minimum absolute atomic E-state index is 0.0556. The van der Waals surface area contributed by atoms with E-state index in [9.17, 15) is 13.6 Å². The maximum Gasteiger partial charge on any atom is 0.265 e. The Bertz CT molecular complexity index is 271. The molecule has 1 aromatic heterocycles. The molecule has 0 aliphatic carbocycles. The highest BCUT2D eigenvalue weighted by atomic mass is 32.1. The number of rotatable bonds is 2. The zero-order valence-corrected chi connectivity index (χ0v) is 6.20. The molecular weight excluding hydrogens is 172 g/mol. The van der Waals surface area contributed by atoms with Gasteiger partial charge in [-0.25, -0.2) is 8.78 Å². The van der Waals surface area contributed by atoms with Crippen molar-refractivity contribution in [3.63, 3.8) is 0 Å². The van der Waals surface area contributed by atoms with Crippen molar-refractivity contribution in [3.8, 4) is 0 Å². The lowest BCUT2D eigenvalue weighted by Crippen LogP contribution is -2.11. The molecule has 2 N–H and O–H groups in total. The number of nitrogens with two attached hydrogens (primary N) is 1. The van der Waals surface area contributed by atoms with Crippen molar-refractivity contribution in [2.24, 2.45) is 5.73 Å². The number of carbonyl (C=O) groups is 1. The van der Waals surface area contributed by atoms with Gasteiger partial charge in [-0.3, -0.25) is 4.79 Å². The fourth-order valence-corrected chi connectivity index (χ4v) is 1.45. The Labute approximate surface area is 65.6 Å². The van der Waals surface area contributed by atoms with Crippen LogP contribution in [0.25, 0.3) is 0 Å². The second-order valence-electron chi connectivity index (χ2n) is 1.87. The number of hydrogen-bond acceptors (Lipinski definition) is 2. The topological polar surface area (TPSA) is 43.1 Å². The minimum Gasteiger partial charge on any atom is -0.365 e. The van der Waals surface area contributed by atoms with Crippen LogP contribution in [-0.4, -0.2) is 5.91 Å². The van der Waals surface area contributed by atoms with Gasteiger partial charge in [-0.05, 0) is 11.4 Å². The van der Waals surface area contributed by atoms with Crippen LogP contribution in [0.1, 0.15) is 21.7 Å². The fourth-order valence-electron chi connectivity index (χ4n) is 0.691. The highest BCUT2D eigenvalue weighted by molar-refractivity contribution is 7.12. The molecule has 0 spiro atoms. The molecule has 0 fully saturated rings. The van der Waals surface area contributed by atoms with Gasteiger partial charge in [0.05, 0.1) is 0 Å². The molecule has 1 heterocycles.